The number of piperidine rings is 1. The summed E-state index contributed by atoms with van der Waals surface area (Å²) in [6.07, 6.45) is 4.00. The number of hydroxylamine groups is 1. The van der Waals surface area contributed by atoms with Gasteiger partial charge in [0.1, 0.15) is 0 Å². The lowest BCUT2D eigenvalue weighted by Crippen LogP contribution is -2.41. The lowest BCUT2D eigenvalue weighted by Gasteiger charge is -2.31. The molecule has 0 amide bonds. The Kier molecular flexibility index (Phi) is 8.28. The number of carbonyl (C=O) groups excluding carboxylic acids is 1. The number of nitrogens with zero attached hydrogens (tertiary/aromatic N) is 1. The predicted octanol–water partition coefficient (Wildman–Crippen LogP) is 3.98. The fourth-order valence-electron chi connectivity index (χ4n) is 3.52. The first-order chi connectivity index (χ1) is 14.3. The first-order valence-corrected chi connectivity index (χ1v) is 10.3. The number of hydrogen-bond acceptors (Lipinski definition) is 5. The molecule has 5 nitrogen and oxygen atoms in total. The number of hydrogen-bond donors (Lipinski definition) is 1. The van der Waals surface area contributed by atoms with Crippen molar-refractivity contribution in [2.45, 2.75) is 19.8 Å². The van der Waals surface area contributed by atoms with Crippen LogP contribution in [0.2, 0.25) is 0 Å². The lowest BCUT2D eigenvalue weighted by molar-refractivity contribution is -0.150. The number of nitrogens with one attached hydrogen (secondary N) is 1. The van der Waals surface area contributed by atoms with Crippen molar-refractivity contribution in [3.05, 3.63) is 71.8 Å². The average molecular weight is 395 g/mol. The Balaban J connectivity index is 1.53. The molecule has 1 N–H and O–H groups in total. The third kappa shape index (κ3) is 6.73. The van der Waals surface area contributed by atoms with Gasteiger partial charge >= 0.3 is 5.97 Å². The van der Waals surface area contributed by atoms with E-state index in [4.69, 9.17) is 9.57 Å². The van der Waals surface area contributed by atoms with E-state index in [1.54, 1.807) is 0 Å². The van der Waals surface area contributed by atoms with Gasteiger partial charge in [-0.3, -0.25) is 15.1 Å². The Labute approximate surface area is 173 Å². The Morgan fingerprint density at radius 1 is 1.14 bits per heavy atom. The van der Waals surface area contributed by atoms with Gasteiger partial charge in [-0.15, -0.1) is 0 Å². The molecule has 154 valence electrons. The summed E-state index contributed by atoms with van der Waals surface area (Å²) in [7, 11) is 0. The van der Waals surface area contributed by atoms with Gasteiger partial charge in [-0.2, -0.15) is 0 Å². The lowest BCUT2D eigenvalue weighted by atomic mass is 9.98. The smallest absolute Gasteiger partial charge is 0.310 e. The minimum atomic E-state index is -0.0756. The van der Waals surface area contributed by atoms with Crippen LogP contribution in [-0.4, -0.2) is 43.7 Å². The zero-order valence-electron chi connectivity index (χ0n) is 17.0. The van der Waals surface area contributed by atoms with E-state index in [9.17, 15) is 4.79 Å². The number of carbonyl (C=O) groups is 1. The van der Waals surface area contributed by atoms with Gasteiger partial charge < -0.3 is 9.64 Å². The number of rotatable bonds is 9. The maximum Gasteiger partial charge on any atom is 0.310 e. The van der Waals surface area contributed by atoms with E-state index in [0.717, 1.165) is 49.3 Å². The molecule has 1 aliphatic heterocycles. The van der Waals surface area contributed by atoms with Gasteiger partial charge in [0.15, 0.2) is 0 Å². The van der Waals surface area contributed by atoms with Crippen molar-refractivity contribution in [2.75, 3.05) is 32.8 Å². The van der Waals surface area contributed by atoms with Crippen LogP contribution < -0.4 is 5.48 Å². The molecule has 2 aromatic rings. The molecule has 5 heteroatoms. The van der Waals surface area contributed by atoms with Crippen LogP contribution in [0.5, 0.6) is 0 Å². The summed E-state index contributed by atoms with van der Waals surface area (Å²) in [6.45, 7) is 5.34. The van der Waals surface area contributed by atoms with Crippen LogP contribution in [-0.2, 0) is 14.4 Å². The molecule has 0 aromatic heterocycles. The molecule has 1 atom stereocenters. The molecule has 0 spiro atoms. The van der Waals surface area contributed by atoms with Crippen LogP contribution in [0.1, 0.15) is 30.9 Å². The second-order valence-electron chi connectivity index (χ2n) is 7.18. The molecule has 1 fully saturated rings. The van der Waals surface area contributed by atoms with E-state index in [1.165, 1.54) is 0 Å². The van der Waals surface area contributed by atoms with Gasteiger partial charge in [0.2, 0.25) is 0 Å². The van der Waals surface area contributed by atoms with E-state index < -0.39 is 0 Å². The summed E-state index contributed by atoms with van der Waals surface area (Å²) in [6, 6.07) is 20.3. The van der Waals surface area contributed by atoms with Crippen molar-refractivity contribution >= 4 is 17.7 Å². The molecule has 0 radical (unpaired) electrons. The first kappa shape index (κ1) is 21.1. The minimum absolute atomic E-state index is 0.0190. The highest BCUT2D eigenvalue weighted by molar-refractivity contribution is 5.79. The van der Waals surface area contributed by atoms with Gasteiger partial charge in [-0.25, -0.2) is 0 Å². The predicted molar refractivity (Wildman–Crippen MR) is 116 cm³/mol. The summed E-state index contributed by atoms with van der Waals surface area (Å²) >= 11 is 0. The molecule has 0 bridgehead atoms. The molecule has 0 aliphatic carbocycles. The van der Waals surface area contributed by atoms with Gasteiger partial charge in [0, 0.05) is 13.1 Å². The molecule has 1 heterocycles. The SMILES string of the molecule is CCOC(=O)C1CCCN(CCONC(=Cc2ccccc2)c2ccccc2)C1. The highest BCUT2D eigenvalue weighted by atomic mass is 16.6. The van der Waals surface area contributed by atoms with E-state index in [0.29, 0.717) is 13.2 Å². The van der Waals surface area contributed by atoms with Crippen LogP contribution in [0.3, 0.4) is 0 Å². The van der Waals surface area contributed by atoms with Gasteiger partial charge in [-0.1, -0.05) is 60.7 Å². The molecule has 1 unspecified atom stereocenters. The fourth-order valence-corrected chi connectivity index (χ4v) is 3.52. The van der Waals surface area contributed by atoms with Crippen LogP contribution in [0, 0.1) is 5.92 Å². The van der Waals surface area contributed by atoms with Crippen LogP contribution in [0.15, 0.2) is 60.7 Å². The van der Waals surface area contributed by atoms with E-state index >= 15 is 0 Å². The number of benzene rings is 2. The first-order valence-electron chi connectivity index (χ1n) is 10.3. The van der Waals surface area contributed by atoms with Gasteiger partial charge in [-0.05, 0) is 43.5 Å². The number of esters is 1. The van der Waals surface area contributed by atoms with Crippen molar-refractivity contribution < 1.29 is 14.4 Å². The second kappa shape index (κ2) is 11.4. The maximum atomic E-state index is 12.0. The Bertz CT molecular complexity index is 777. The highest BCUT2D eigenvalue weighted by Gasteiger charge is 2.26. The normalized spacial score (nSPS) is 17.7. The molecule has 3 rings (SSSR count). The molecule has 1 saturated heterocycles. The topological polar surface area (TPSA) is 50.8 Å². The summed E-state index contributed by atoms with van der Waals surface area (Å²) in [5.74, 6) is -0.0945. The van der Waals surface area contributed by atoms with Crippen LogP contribution in [0.25, 0.3) is 11.8 Å². The van der Waals surface area contributed by atoms with Crippen molar-refractivity contribution in [3.8, 4) is 0 Å². The Morgan fingerprint density at radius 2 is 1.86 bits per heavy atom. The molecule has 29 heavy (non-hydrogen) atoms. The van der Waals surface area contributed by atoms with E-state index in [-0.39, 0.29) is 11.9 Å². The average Bonchev–Trinajstić information content (AvgIpc) is 2.77. The molecule has 2 aromatic carbocycles. The van der Waals surface area contributed by atoms with Gasteiger partial charge in [0.25, 0.3) is 0 Å². The van der Waals surface area contributed by atoms with Crippen LogP contribution in [0.4, 0.5) is 0 Å². The zero-order chi connectivity index (χ0) is 20.3. The monoisotopic (exact) mass is 394 g/mol. The zero-order valence-corrected chi connectivity index (χ0v) is 17.0. The molecular formula is C24H30N2O3. The number of likely N-dealkylation sites (tertiary alicyclic amines) is 1. The highest BCUT2D eigenvalue weighted by Crippen LogP contribution is 2.18. The Morgan fingerprint density at radius 3 is 2.59 bits per heavy atom. The van der Waals surface area contributed by atoms with Crippen molar-refractivity contribution in [1.82, 2.24) is 10.4 Å². The minimum Gasteiger partial charge on any atom is -0.466 e. The quantitative estimate of drug-likeness (QED) is 0.302. The summed E-state index contributed by atoms with van der Waals surface area (Å²) in [5.41, 5.74) is 6.21. The van der Waals surface area contributed by atoms with Gasteiger partial charge in [0.05, 0.1) is 24.8 Å². The largest absolute Gasteiger partial charge is 0.466 e. The summed E-state index contributed by atoms with van der Waals surface area (Å²) in [5, 5.41) is 0. The second-order valence-corrected chi connectivity index (χ2v) is 7.18. The van der Waals surface area contributed by atoms with Crippen molar-refractivity contribution in [2.24, 2.45) is 5.92 Å². The number of ether oxygens (including phenoxy) is 1. The summed E-state index contributed by atoms with van der Waals surface area (Å²) < 4.78 is 5.18. The van der Waals surface area contributed by atoms with E-state index in [1.807, 2.05) is 43.3 Å². The van der Waals surface area contributed by atoms with Crippen molar-refractivity contribution in [1.29, 1.82) is 0 Å². The van der Waals surface area contributed by atoms with Crippen molar-refractivity contribution in [3.63, 3.8) is 0 Å². The third-order valence-corrected chi connectivity index (χ3v) is 5.01. The summed E-state index contributed by atoms with van der Waals surface area (Å²) in [4.78, 5) is 20.1. The maximum absolute atomic E-state index is 12.0. The standard InChI is InChI=1S/C24H30N2O3/c1-2-28-24(27)22-14-9-15-26(19-22)16-17-29-25-23(21-12-7-4-8-13-21)18-20-10-5-3-6-11-20/h3-8,10-13,18,22,25H,2,9,14-17,19H2,1H3. The Hall–Kier alpha value is -2.63. The molecule has 1 aliphatic rings. The third-order valence-electron chi connectivity index (χ3n) is 5.01. The molecular weight excluding hydrogens is 364 g/mol. The van der Waals surface area contributed by atoms with E-state index in [2.05, 4.69) is 40.7 Å². The molecule has 0 saturated carbocycles. The van der Waals surface area contributed by atoms with Crippen LogP contribution >= 0.6 is 0 Å². The fraction of sp³-hybridized carbons (Fsp3) is 0.375.